The van der Waals surface area contributed by atoms with Crippen molar-refractivity contribution in [3.8, 4) is 21.8 Å². The molecule has 5 heterocycles. The Hall–Kier alpha value is -3.80. The molecule has 2 bridgehead atoms. The van der Waals surface area contributed by atoms with Gasteiger partial charge in [0.2, 0.25) is 5.95 Å². The number of benzene rings is 2. The lowest BCUT2D eigenvalue weighted by molar-refractivity contribution is 0.101. The van der Waals surface area contributed by atoms with E-state index in [0.717, 1.165) is 44.1 Å². The summed E-state index contributed by atoms with van der Waals surface area (Å²) >= 11 is 1.37. The Kier molecular flexibility index (Phi) is 7.87. The maximum atomic E-state index is 16.5. The Balaban J connectivity index is 1.08. The monoisotopic (exact) mass is 757 g/mol. The number of likely N-dealkylation sites (tertiary alicyclic amines) is 1. The van der Waals surface area contributed by atoms with E-state index in [1.807, 2.05) is 4.72 Å². The molecular weight excluding hydrogens is 724 g/mol. The number of nitrogens with zero attached hydrogens (tertiary/aromatic N) is 5. The summed E-state index contributed by atoms with van der Waals surface area (Å²) in [7, 11) is -7.88. The minimum Gasteiger partial charge on any atom is -0.351 e. The third-order valence-electron chi connectivity index (χ3n) is 11.0. The fraction of sp³-hybridized carbons (Fsp3) is 0.441. The van der Waals surface area contributed by atoms with Crippen LogP contribution in [0.1, 0.15) is 32.1 Å². The summed E-state index contributed by atoms with van der Waals surface area (Å²) in [5.74, 6) is -2.96. The SMILES string of the molecule is O=S1(=O)C[C@@H]2C(Nc3nccc(-c4sc(N5C6CCC5CN(C5CCC5)C6)nc4-c4cccc(NS(=O)(=O)c5c(F)cccc5F)c4F)n3)[C@@H]2C1. The highest BCUT2D eigenvalue weighted by Crippen LogP contribution is 2.49. The molecule has 3 unspecified atom stereocenters. The first kappa shape index (κ1) is 33.1. The smallest absolute Gasteiger partial charge is 0.267 e. The maximum Gasteiger partial charge on any atom is 0.267 e. The Morgan fingerprint density at radius 1 is 0.863 bits per heavy atom. The van der Waals surface area contributed by atoms with E-state index < -0.39 is 47.9 Å². The van der Waals surface area contributed by atoms with Crippen LogP contribution in [0.25, 0.3) is 21.8 Å². The van der Waals surface area contributed by atoms with E-state index in [1.54, 1.807) is 12.3 Å². The van der Waals surface area contributed by atoms with Crippen molar-refractivity contribution in [1.82, 2.24) is 19.9 Å². The number of hydrogen-bond donors (Lipinski definition) is 2. The minimum atomic E-state index is -4.85. The molecular formula is C34H34F3N7O4S3. The highest BCUT2D eigenvalue weighted by Gasteiger charge is 2.59. The van der Waals surface area contributed by atoms with Crippen LogP contribution in [0.5, 0.6) is 0 Å². The van der Waals surface area contributed by atoms with Crippen LogP contribution in [-0.2, 0) is 19.9 Å². The summed E-state index contributed by atoms with van der Waals surface area (Å²) in [6, 6.07) is 9.52. The number of sulfonamides is 1. The maximum absolute atomic E-state index is 16.5. The first-order valence-electron chi connectivity index (χ1n) is 17.0. The zero-order valence-corrected chi connectivity index (χ0v) is 29.6. The summed E-state index contributed by atoms with van der Waals surface area (Å²) in [5.41, 5.74) is 0.191. The van der Waals surface area contributed by atoms with Crippen LogP contribution >= 0.6 is 11.3 Å². The second kappa shape index (κ2) is 12.1. The number of hydrogen-bond acceptors (Lipinski definition) is 11. The molecule has 2 aromatic carbocycles. The summed E-state index contributed by atoms with van der Waals surface area (Å²) in [6.45, 7) is 1.84. The molecule has 2 saturated carbocycles. The van der Waals surface area contributed by atoms with Gasteiger partial charge in [-0.25, -0.2) is 45.0 Å². The number of sulfone groups is 1. The van der Waals surface area contributed by atoms with E-state index in [9.17, 15) is 25.6 Å². The van der Waals surface area contributed by atoms with E-state index in [4.69, 9.17) is 9.97 Å². The first-order chi connectivity index (χ1) is 24.5. The Morgan fingerprint density at radius 3 is 2.22 bits per heavy atom. The van der Waals surface area contributed by atoms with Crippen molar-refractivity contribution in [3.05, 3.63) is 66.1 Å². The zero-order valence-electron chi connectivity index (χ0n) is 27.2. The van der Waals surface area contributed by atoms with Crippen molar-refractivity contribution in [2.75, 3.05) is 39.5 Å². The Morgan fingerprint density at radius 2 is 1.55 bits per heavy atom. The molecule has 2 aliphatic carbocycles. The van der Waals surface area contributed by atoms with E-state index in [0.29, 0.717) is 27.7 Å². The van der Waals surface area contributed by atoms with Gasteiger partial charge < -0.3 is 10.2 Å². The number of aromatic nitrogens is 3. The van der Waals surface area contributed by atoms with Gasteiger partial charge in [0.05, 0.1) is 33.5 Å². The number of piperazine rings is 1. The average Bonchev–Trinajstić information content (AvgIpc) is 3.35. The molecule has 2 aromatic heterocycles. The number of anilines is 3. The molecule has 51 heavy (non-hydrogen) atoms. The molecule has 11 nitrogen and oxygen atoms in total. The van der Waals surface area contributed by atoms with Crippen molar-refractivity contribution < 1.29 is 30.0 Å². The van der Waals surface area contributed by atoms with Crippen LogP contribution in [-0.4, -0.2) is 85.5 Å². The zero-order chi connectivity index (χ0) is 35.2. The Labute approximate surface area is 297 Å². The van der Waals surface area contributed by atoms with Gasteiger partial charge in [-0.15, -0.1) is 0 Å². The van der Waals surface area contributed by atoms with Gasteiger partial charge in [0.25, 0.3) is 10.0 Å². The highest BCUT2D eigenvalue weighted by molar-refractivity contribution is 7.92. The molecule has 17 heteroatoms. The molecule has 3 saturated heterocycles. The van der Waals surface area contributed by atoms with Crippen LogP contribution in [0, 0.1) is 29.3 Å². The molecule has 5 aliphatic rings. The lowest BCUT2D eigenvalue weighted by Crippen LogP contribution is -2.57. The lowest BCUT2D eigenvalue weighted by atomic mass is 9.90. The van der Waals surface area contributed by atoms with Gasteiger partial charge >= 0.3 is 0 Å². The van der Waals surface area contributed by atoms with Crippen molar-refractivity contribution in [3.63, 3.8) is 0 Å². The molecule has 5 atom stereocenters. The van der Waals surface area contributed by atoms with Gasteiger partial charge in [0.1, 0.15) is 11.6 Å². The number of nitrogens with one attached hydrogen (secondary N) is 2. The second-order valence-corrected chi connectivity index (χ2v) is 18.9. The van der Waals surface area contributed by atoms with Crippen LogP contribution in [0.3, 0.4) is 0 Å². The standard InChI is InChI=1S/C34H34F3N7O4S3/c35-24-7-3-8-25(36)32(24)51(47,48)42-26-9-2-6-21(28(26)37)30-31(27-12-13-38-33(39-27)40-29-22-16-50(45,46)17-23(22)29)49-34(41-30)44-19-10-11-20(44)15-43(14-19)18-4-1-5-18/h2-3,6-9,12-13,18-20,22-23,29,42H,1,4-5,10-11,14-17H2,(H,38,39,40)/t19?,20?,22-,23+,29?. The average molecular weight is 758 g/mol. The number of rotatable bonds is 9. The Bertz CT molecular complexity index is 2220. The number of fused-ring (bicyclic) bond motifs is 3. The fourth-order valence-corrected chi connectivity index (χ4v) is 12.9. The summed E-state index contributed by atoms with van der Waals surface area (Å²) in [6.07, 6.45) is 7.29. The topological polar surface area (TPSA) is 137 Å². The fourth-order valence-electron chi connectivity index (χ4n) is 8.27. The van der Waals surface area contributed by atoms with Gasteiger partial charge in [-0.2, -0.15) is 0 Å². The first-order valence-corrected chi connectivity index (χ1v) is 21.2. The predicted octanol–water partition coefficient (Wildman–Crippen LogP) is 5.15. The molecule has 0 radical (unpaired) electrons. The second-order valence-electron chi connectivity index (χ2n) is 14.2. The van der Waals surface area contributed by atoms with Gasteiger partial charge in [0.15, 0.2) is 25.7 Å². The molecule has 268 valence electrons. The van der Waals surface area contributed by atoms with Crippen LogP contribution in [0.4, 0.5) is 29.9 Å². The highest BCUT2D eigenvalue weighted by atomic mass is 32.2. The molecule has 2 N–H and O–H groups in total. The largest absolute Gasteiger partial charge is 0.351 e. The van der Waals surface area contributed by atoms with Crippen LogP contribution in [0.2, 0.25) is 0 Å². The quantitative estimate of drug-likeness (QED) is 0.236. The van der Waals surface area contributed by atoms with E-state index >= 15 is 4.39 Å². The van der Waals surface area contributed by atoms with Gasteiger partial charge in [0, 0.05) is 49.0 Å². The van der Waals surface area contributed by atoms with Gasteiger partial charge in [-0.3, -0.25) is 9.62 Å². The van der Waals surface area contributed by atoms with E-state index in [1.165, 1.54) is 48.8 Å². The molecule has 0 amide bonds. The van der Waals surface area contributed by atoms with Gasteiger partial charge in [-0.1, -0.05) is 29.9 Å². The normalized spacial score (nSPS) is 26.9. The van der Waals surface area contributed by atoms with Crippen LogP contribution in [0.15, 0.2) is 53.6 Å². The predicted molar refractivity (Wildman–Crippen MR) is 187 cm³/mol. The van der Waals surface area contributed by atoms with Gasteiger partial charge in [-0.05, 0) is 67.9 Å². The summed E-state index contributed by atoms with van der Waals surface area (Å²) in [4.78, 5) is 18.4. The molecule has 3 aliphatic heterocycles. The van der Waals surface area contributed by atoms with Crippen molar-refractivity contribution in [2.45, 2.75) is 61.2 Å². The molecule has 4 aromatic rings. The summed E-state index contributed by atoms with van der Waals surface area (Å²) in [5, 5.41) is 3.99. The van der Waals surface area contributed by atoms with E-state index in [-0.39, 0.29) is 52.7 Å². The third kappa shape index (κ3) is 5.85. The van der Waals surface area contributed by atoms with E-state index in [2.05, 4.69) is 20.1 Å². The number of halogens is 3. The third-order valence-corrected chi connectivity index (χ3v) is 15.3. The van der Waals surface area contributed by atoms with Crippen LogP contribution < -0.4 is 14.9 Å². The van der Waals surface area contributed by atoms with Crippen molar-refractivity contribution >= 4 is 48.0 Å². The minimum absolute atomic E-state index is 0.0142. The lowest BCUT2D eigenvalue weighted by Gasteiger charge is -2.46. The molecule has 5 fully saturated rings. The molecule has 0 spiro atoms. The van der Waals surface area contributed by atoms with Crippen molar-refractivity contribution in [1.29, 1.82) is 0 Å². The number of thiazole rings is 1. The summed E-state index contributed by atoms with van der Waals surface area (Å²) < 4.78 is 97.7. The molecule has 9 rings (SSSR count). The van der Waals surface area contributed by atoms with Crippen molar-refractivity contribution in [2.24, 2.45) is 11.8 Å².